The zero-order valence-corrected chi connectivity index (χ0v) is 12.3. The maximum absolute atomic E-state index is 11.3. The zero-order chi connectivity index (χ0) is 15.4. The number of hydrogen-bond acceptors (Lipinski definition) is 5. The van der Waals surface area contributed by atoms with Crippen LogP contribution in [0.3, 0.4) is 0 Å². The molecule has 1 aromatic heterocycles. The van der Waals surface area contributed by atoms with Gasteiger partial charge in [0.15, 0.2) is 0 Å². The minimum atomic E-state index is -0.144. The lowest BCUT2D eigenvalue weighted by molar-refractivity contribution is -0.142. The Labute approximate surface area is 128 Å². The van der Waals surface area contributed by atoms with Crippen LogP contribution in [-0.2, 0) is 9.53 Å². The highest BCUT2D eigenvalue weighted by molar-refractivity contribution is 5.75. The highest BCUT2D eigenvalue weighted by atomic mass is 16.5. The molecule has 0 saturated heterocycles. The quantitative estimate of drug-likeness (QED) is 0.767. The average Bonchev–Trinajstić information content (AvgIpc) is 3.34. The molecular weight excluding hydrogens is 282 g/mol. The van der Waals surface area contributed by atoms with Crippen molar-refractivity contribution >= 4 is 5.97 Å². The van der Waals surface area contributed by atoms with E-state index in [9.17, 15) is 4.79 Å². The lowest BCUT2D eigenvalue weighted by Gasteiger charge is -2.08. The van der Waals surface area contributed by atoms with Gasteiger partial charge in [0.25, 0.3) is 0 Å². The summed E-state index contributed by atoms with van der Waals surface area (Å²) in [5.41, 5.74) is 0. The molecule has 3 rings (SSSR count). The molecule has 0 amide bonds. The van der Waals surface area contributed by atoms with Crippen LogP contribution < -0.4 is 9.47 Å². The number of pyridine rings is 1. The van der Waals surface area contributed by atoms with E-state index >= 15 is 0 Å². The van der Waals surface area contributed by atoms with Crippen molar-refractivity contribution in [2.24, 2.45) is 11.8 Å². The Hall–Kier alpha value is -2.56. The summed E-state index contributed by atoms with van der Waals surface area (Å²) in [7, 11) is 1.42. The summed E-state index contributed by atoms with van der Waals surface area (Å²) in [4.78, 5) is 15.3. The normalized spacial score (nSPS) is 19.3. The smallest absolute Gasteiger partial charge is 0.309 e. The molecule has 2 aromatic rings. The van der Waals surface area contributed by atoms with Crippen LogP contribution in [0, 0.1) is 11.8 Å². The van der Waals surface area contributed by atoms with Crippen molar-refractivity contribution in [3.63, 3.8) is 0 Å². The molecule has 1 aliphatic rings. The van der Waals surface area contributed by atoms with Crippen LogP contribution in [0.2, 0.25) is 0 Å². The lowest BCUT2D eigenvalue weighted by Crippen LogP contribution is -2.08. The van der Waals surface area contributed by atoms with Gasteiger partial charge in [-0.15, -0.1) is 0 Å². The van der Waals surface area contributed by atoms with Crippen LogP contribution in [0.15, 0.2) is 48.8 Å². The lowest BCUT2D eigenvalue weighted by atomic mass is 10.3. The number of benzene rings is 1. The van der Waals surface area contributed by atoms with E-state index < -0.39 is 0 Å². The molecule has 0 bridgehead atoms. The van der Waals surface area contributed by atoms with E-state index in [1.54, 1.807) is 24.5 Å². The van der Waals surface area contributed by atoms with Gasteiger partial charge >= 0.3 is 5.97 Å². The molecule has 0 spiro atoms. The maximum Gasteiger partial charge on any atom is 0.309 e. The van der Waals surface area contributed by atoms with Crippen LogP contribution >= 0.6 is 0 Å². The van der Waals surface area contributed by atoms with Crippen LogP contribution in [0.4, 0.5) is 0 Å². The van der Waals surface area contributed by atoms with Crippen molar-refractivity contribution in [3.05, 3.63) is 48.8 Å². The third-order valence-corrected chi connectivity index (χ3v) is 3.60. The SMILES string of the molecule is COC(=O)[C@@H]1C[C@H]1COc1ccc(Oc2ccncc2)cc1. The van der Waals surface area contributed by atoms with Gasteiger partial charge in [-0.3, -0.25) is 9.78 Å². The zero-order valence-electron chi connectivity index (χ0n) is 12.3. The van der Waals surface area contributed by atoms with Gasteiger partial charge in [0.05, 0.1) is 19.6 Å². The number of hydrogen-bond donors (Lipinski definition) is 0. The third-order valence-electron chi connectivity index (χ3n) is 3.60. The van der Waals surface area contributed by atoms with Crippen molar-refractivity contribution in [1.82, 2.24) is 4.98 Å². The number of rotatable bonds is 6. The van der Waals surface area contributed by atoms with Crippen molar-refractivity contribution in [3.8, 4) is 17.2 Å². The summed E-state index contributed by atoms with van der Waals surface area (Å²) < 4.78 is 16.1. The molecule has 0 radical (unpaired) electrons. The minimum Gasteiger partial charge on any atom is -0.493 e. The van der Waals surface area contributed by atoms with Gasteiger partial charge in [0.2, 0.25) is 0 Å². The fourth-order valence-electron chi connectivity index (χ4n) is 2.22. The molecule has 2 atom stereocenters. The van der Waals surface area contributed by atoms with E-state index in [2.05, 4.69) is 4.98 Å². The van der Waals surface area contributed by atoms with Crippen molar-refractivity contribution in [2.75, 3.05) is 13.7 Å². The Morgan fingerprint density at radius 2 is 1.73 bits per heavy atom. The minimum absolute atomic E-state index is 0.000651. The number of aromatic nitrogens is 1. The summed E-state index contributed by atoms with van der Waals surface area (Å²) in [6.07, 6.45) is 4.20. The molecule has 1 aromatic carbocycles. The summed E-state index contributed by atoms with van der Waals surface area (Å²) in [6.45, 7) is 0.532. The Kier molecular flexibility index (Phi) is 4.23. The number of esters is 1. The maximum atomic E-state index is 11.3. The van der Waals surface area contributed by atoms with Gasteiger partial charge in [-0.05, 0) is 42.8 Å². The molecule has 114 valence electrons. The van der Waals surface area contributed by atoms with Crippen LogP contribution in [0.25, 0.3) is 0 Å². The first-order valence-electron chi connectivity index (χ1n) is 7.15. The summed E-state index contributed by atoms with van der Waals surface area (Å²) >= 11 is 0. The Morgan fingerprint density at radius 3 is 2.41 bits per heavy atom. The predicted octanol–water partition coefficient (Wildman–Crippen LogP) is 3.06. The van der Waals surface area contributed by atoms with Crippen LogP contribution in [0.5, 0.6) is 17.2 Å². The molecule has 5 nitrogen and oxygen atoms in total. The molecule has 22 heavy (non-hydrogen) atoms. The van der Waals surface area contributed by atoms with Gasteiger partial charge in [-0.2, -0.15) is 0 Å². The Balaban J connectivity index is 1.49. The molecule has 1 saturated carbocycles. The molecule has 1 aliphatic carbocycles. The molecule has 1 heterocycles. The standard InChI is InChI=1S/C17H17NO4/c1-20-17(19)16-10-12(16)11-21-13-2-4-14(5-3-13)22-15-6-8-18-9-7-15/h2-9,12,16H,10-11H2,1H3/t12-,16+/m0/s1. The van der Waals surface area contributed by atoms with E-state index in [-0.39, 0.29) is 17.8 Å². The molecule has 1 fully saturated rings. The number of carbonyl (C=O) groups is 1. The average molecular weight is 299 g/mol. The second-order valence-corrected chi connectivity index (χ2v) is 5.19. The Morgan fingerprint density at radius 1 is 1.09 bits per heavy atom. The van der Waals surface area contributed by atoms with E-state index in [1.165, 1.54) is 7.11 Å². The summed E-state index contributed by atoms with van der Waals surface area (Å²) in [6, 6.07) is 11.0. The molecule has 0 unspecified atom stereocenters. The molecule has 5 heteroatoms. The number of nitrogens with zero attached hydrogens (tertiary/aromatic N) is 1. The Bertz CT molecular complexity index is 627. The van der Waals surface area contributed by atoms with Gasteiger partial charge in [0.1, 0.15) is 17.2 Å². The van der Waals surface area contributed by atoms with Gasteiger partial charge in [0, 0.05) is 18.3 Å². The van der Waals surface area contributed by atoms with Crippen molar-refractivity contribution in [2.45, 2.75) is 6.42 Å². The number of methoxy groups -OCH3 is 1. The summed E-state index contributed by atoms with van der Waals surface area (Å²) in [5, 5.41) is 0. The highest BCUT2D eigenvalue weighted by Gasteiger charge is 2.44. The second-order valence-electron chi connectivity index (χ2n) is 5.19. The molecular formula is C17H17NO4. The topological polar surface area (TPSA) is 57.7 Å². The van der Waals surface area contributed by atoms with E-state index in [0.29, 0.717) is 6.61 Å². The fourth-order valence-corrected chi connectivity index (χ4v) is 2.22. The van der Waals surface area contributed by atoms with Gasteiger partial charge < -0.3 is 14.2 Å². The van der Waals surface area contributed by atoms with Crippen molar-refractivity contribution in [1.29, 1.82) is 0 Å². The second kappa shape index (κ2) is 6.47. The van der Waals surface area contributed by atoms with Crippen LogP contribution in [0.1, 0.15) is 6.42 Å². The molecule has 0 N–H and O–H groups in total. The fraction of sp³-hybridized carbons (Fsp3) is 0.294. The van der Waals surface area contributed by atoms with E-state index in [1.807, 2.05) is 24.3 Å². The monoisotopic (exact) mass is 299 g/mol. The first kappa shape index (κ1) is 14.4. The number of ether oxygens (including phenoxy) is 3. The molecule has 0 aliphatic heterocycles. The van der Waals surface area contributed by atoms with E-state index in [4.69, 9.17) is 14.2 Å². The summed E-state index contributed by atoms with van der Waals surface area (Å²) in [5.74, 6) is 2.35. The van der Waals surface area contributed by atoms with E-state index in [0.717, 1.165) is 23.7 Å². The highest BCUT2D eigenvalue weighted by Crippen LogP contribution is 2.39. The predicted molar refractivity (Wildman–Crippen MR) is 79.9 cm³/mol. The number of carbonyl (C=O) groups excluding carboxylic acids is 1. The first-order valence-corrected chi connectivity index (χ1v) is 7.15. The van der Waals surface area contributed by atoms with Crippen molar-refractivity contribution < 1.29 is 19.0 Å². The largest absolute Gasteiger partial charge is 0.493 e. The third kappa shape index (κ3) is 3.55. The van der Waals surface area contributed by atoms with Crippen LogP contribution in [-0.4, -0.2) is 24.7 Å². The van der Waals surface area contributed by atoms with Gasteiger partial charge in [-0.25, -0.2) is 0 Å². The first-order chi connectivity index (χ1) is 10.8. The van der Waals surface area contributed by atoms with Gasteiger partial charge in [-0.1, -0.05) is 0 Å².